The van der Waals surface area contributed by atoms with Gasteiger partial charge in [-0.1, -0.05) is 22.9 Å². The molecule has 0 N–H and O–H groups in total. The fourth-order valence-corrected chi connectivity index (χ4v) is 3.31. The van der Waals surface area contributed by atoms with Gasteiger partial charge in [0.15, 0.2) is 0 Å². The van der Waals surface area contributed by atoms with Crippen LogP contribution in [0.15, 0.2) is 27.6 Å². The Morgan fingerprint density at radius 2 is 2.05 bits per heavy atom. The number of esters is 1. The number of rotatable bonds is 5. The number of methoxy groups -OCH3 is 1. The molecule has 1 aromatic carbocycles. The van der Waals surface area contributed by atoms with E-state index in [9.17, 15) is 13.2 Å². The Hall–Kier alpha value is -0.920. The smallest absolute Gasteiger partial charge is 0.309 e. The number of sulfonamides is 1. The third kappa shape index (κ3) is 3.80. The number of aryl methyl sites for hydroxylation is 1. The molecule has 0 bridgehead atoms. The molecular weight excluding hydrogens is 346 g/mol. The zero-order valence-electron chi connectivity index (χ0n) is 11.9. The molecule has 1 rings (SSSR count). The van der Waals surface area contributed by atoms with Crippen LogP contribution in [0.4, 0.5) is 0 Å². The summed E-state index contributed by atoms with van der Waals surface area (Å²) in [6, 6.07) is 4.82. The number of carbonyl (C=O) groups excluding carboxylic acids is 1. The summed E-state index contributed by atoms with van der Waals surface area (Å²) in [5, 5.41) is 0. The Labute approximate surface area is 128 Å². The minimum atomic E-state index is -3.61. The molecule has 0 aliphatic carbocycles. The third-order valence-corrected chi connectivity index (χ3v) is 5.68. The highest BCUT2D eigenvalue weighted by Crippen LogP contribution is 2.22. The van der Waals surface area contributed by atoms with E-state index in [0.717, 1.165) is 14.3 Å². The van der Waals surface area contributed by atoms with Crippen molar-refractivity contribution in [2.24, 2.45) is 5.92 Å². The summed E-state index contributed by atoms with van der Waals surface area (Å²) in [4.78, 5) is 11.6. The molecule has 0 saturated heterocycles. The van der Waals surface area contributed by atoms with E-state index in [-0.39, 0.29) is 11.4 Å². The molecule has 1 aromatic rings. The van der Waals surface area contributed by atoms with E-state index in [0.29, 0.717) is 0 Å². The van der Waals surface area contributed by atoms with Crippen LogP contribution < -0.4 is 0 Å². The summed E-state index contributed by atoms with van der Waals surface area (Å²) < 4.78 is 31.4. The number of carbonyl (C=O) groups is 1. The van der Waals surface area contributed by atoms with E-state index < -0.39 is 21.9 Å². The second kappa shape index (κ2) is 6.69. The largest absolute Gasteiger partial charge is 0.469 e. The summed E-state index contributed by atoms with van der Waals surface area (Å²) in [6.45, 7) is 3.52. The van der Waals surface area contributed by atoms with Crippen molar-refractivity contribution in [1.29, 1.82) is 0 Å². The van der Waals surface area contributed by atoms with E-state index in [1.807, 2.05) is 6.92 Å². The average Bonchev–Trinajstić information content (AvgIpc) is 2.40. The van der Waals surface area contributed by atoms with E-state index in [1.165, 1.54) is 20.2 Å². The maximum atomic E-state index is 12.4. The zero-order chi connectivity index (χ0) is 15.5. The van der Waals surface area contributed by atoms with Crippen LogP contribution in [-0.4, -0.2) is 39.4 Å². The topological polar surface area (TPSA) is 63.7 Å². The van der Waals surface area contributed by atoms with Gasteiger partial charge in [0.2, 0.25) is 10.0 Å². The van der Waals surface area contributed by atoms with E-state index in [4.69, 9.17) is 0 Å². The van der Waals surface area contributed by atoms with Gasteiger partial charge in [0.05, 0.1) is 17.9 Å². The van der Waals surface area contributed by atoms with Crippen molar-refractivity contribution in [3.05, 3.63) is 28.2 Å². The maximum absolute atomic E-state index is 12.4. The first-order valence-electron chi connectivity index (χ1n) is 6.00. The van der Waals surface area contributed by atoms with Crippen LogP contribution in [-0.2, 0) is 19.6 Å². The monoisotopic (exact) mass is 363 g/mol. The molecule has 0 heterocycles. The normalized spacial score (nSPS) is 13.3. The Morgan fingerprint density at radius 1 is 1.45 bits per heavy atom. The molecule has 0 radical (unpaired) electrons. The number of ether oxygens (including phenoxy) is 1. The van der Waals surface area contributed by atoms with Crippen LogP contribution in [0.5, 0.6) is 0 Å². The van der Waals surface area contributed by atoms with Crippen molar-refractivity contribution in [3.63, 3.8) is 0 Å². The van der Waals surface area contributed by atoms with E-state index in [1.54, 1.807) is 19.1 Å². The molecule has 112 valence electrons. The minimum Gasteiger partial charge on any atom is -0.469 e. The molecule has 0 spiro atoms. The highest BCUT2D eigenvalue weighted by Gasteiger charge is 2.25. The van der Waals surface area contributed by atoms with Gasteiger partial charge in [0.1, 0.15) is 0 Å². The molecule has 0 amide bonds. The predicted molar refractivity (Wildman–Crippen MR) is 79.9 cm³/mol. The number of hydrogen-bond donors (Lipinski definition) is 0. The second-order valence-corrected chi connectivity index (χ2v) is 7.52. The molecule has 1 atom stereocenters. The van der Waals surface area contributed by atoms with E-state index >= 15 is 0 Å². The van der Waals surface area contributed by atoms with Crippen molar-refractivity contribution in [2.45, 2.75) is 18.7 Å². The van der Waals surface area contributed by atoms with Crippen LogP contribution in [0.25, 0.3) is 0 Å². The molecule has 0 aromatic heterocycles. The number of benzene rings is 1. The van der Waals surface area contributed by atoms with Gasteiger partial charge >= 0.3 is 5.97 Å². The first-order chi connectivity index (χ1) is 9.20. The van der Waals surface area contributed by atoms with Gasteiger partial charge in [-0.25, -0.2) is 12.7 Å². The van der Waals surface area contributed by atoms with Crippen LogP contribution in [0.3, 0.4) is 0 Å². The molecule has 0 aliphatic heterocycles. The fourth-order valence-electron chi connectivity index (χ4n) is 1.72. The standard InChI is InChI=1S/C13H18BrNO4S/c1-9-7-11(5-6-12(9)14)20(17,18)15(3)8-10(2)13(16)19-4/h5-7,10H,8H2,1-4H3. The lowest BCUT2D eigenvalue weighted by atomic mass is 10.2. The molecule has 20 heavy (non-hydrogen) atoms. The molecule has 0 fully saturated rings. The van der Waals surface area contributed by atoms with Crippen molar-refractivity contribution in [3.8, 4) is 0 Å². The highest BCUT2D eigenvalue weighted by molar-refractivity contribution is 9.10. The number of hydrogen-bond acceptors (Lipinski definition) is 4. The molecule has 1 unspecified atom stereocenters. The Bertz CT molecular complexity index is 600. The highest BCUT2D eigenvalue weighted by atomic mass is 79.9. The SMILES string of the molecule is COC(=O)C(C)CN(C)S(=O)(=O)c1ccc(Br)c(C)c1. The van der Waals surface area contributed by atoms with Crippen molar-refractivity contribution in [1.82, 2.24) is 4.31 Å². The summed E-state index contributed by atoms with van der Waals surface area (Å²) in [7, 11) is -0.877. The van der Waals surface area contributed by atoms with Crippen LogP contribution in [0, 0.1) is 12.8 Å². The summed E-state index contributed by atoms with van der Waals surface area (Å²) in [5.74, 6) is -0.949. The third-order valence-electron chi connectivity index (χ3n) is 2.97. The van der Waals surface area contributed by atoms with Crippen molar-refractivity contribution < 1.29 is 17.9 Å². The minimum absolute atomic E-state index is 0.0735. The average molecular weight is 364 g/mol. The van der Waals surface area contributed by atoms with Gasteiger partial charge in [0, 0.05) is 18.1 Å². The molecule has 5 nitrogen and oxygen atoms in total. The second-order valence-electron chi connectivity index (χ2n) is 4.62. The quantitative estimate of drug-likeness (QED) is 0.752. The van der Waals surface area contributed by atoms with Crippen LogP contribution in [0.2, 0.25) is 0 Å². The number of nitrogens with zero attached hydrogens (tertiary/aromatic N) is 1. The van der Waals surface area contributed by atoms with Gasteiger partial charge in [0.25, 0.3) is 0 Å². The summed E-state index contributed by atoms with van der Waals surface area (Å²) in [6.07, 6.45) is 0. The van der Waals surface area contributed by atoms with Gasteiger partial charge in [-0.2, -0.15) is 0 Å². The van der Waals surface area contributed by atoms with Gasteiger partial charge < -0.3 is 4.74 Å². The molecule has 7 heteroatoms. The lowest BCUT2D eigenvalue weighted by Gasteiger charge is -2.20. The predicted octanol–water partition coefficient (Wildman–Crippen LogP) is 2.19. The first kappa shape index (κ1) is 17.1. The molecule has 0 aliphatic rings. The van der Waals surface area contributed by atoms with E-state index in [2.05, 4.69) is 20.7 Å². The lowest BCUT2D eigenvalue weighted by molar-refractivity contribution is -0.144. The van der Waals surface area contributed by atoms with Crippen molar-refractivity contribution >= 4 is 31.9 Å². The first-order valence-corrected chi connectivity index (χ1v) is 8.23. The zero-order valence-corrected chi connectivity index (χ0v) is 14.3. The maximum Gasteiger partial charge on any atom is 0.309 e. The van der Waals surface area contributed by atoms with Gasteiger partial charge in [-0.3, -0.25) is 4.79 Å². The lowest BCUT2D eigenvalue weighted by Crippen LogP contribution is -2.34. The Kier molecular flexibility index (Phi) is 5.73. The summed E-state index contributed by atoms with van der Waals surface area (Å²) in [5.41, 5.74) is 0.834. The molecular formula is C13H18BrNO4S. The summed E-state index contributed by atoms with van der Waals surface area (Å²) >= 11 is 3.33. The van der Waals surface area contributed by atoms with Gasteiger partial charge in [-0.15, -0.1) is 0 Å². The molecule has 0 saturated carbocycles. The Balaban J connectivity index is 2.98. The number of halogens is 1. The van der Waals surface area contributed by atoms with Gasteiger partial charge in [-0.05, 0) is 30.7 Å². The fraction of sp³-hybridized carbons (Fsp3) is 0.462. The van der Waals surface area contributed by atoms with Crippen LogP contribution >= 0.6 is 15.9 Å². The van der Waals surface area contributed by atoms with Crippen LogP contribution in [0.1, 0.15) is 12.5 Å². The Morgan fingerprint density at radius 3 is 2.55 bits per heavy atom. The van der Waals surface area contributed by atoms with Crippen molar-refractivity contribution in [2.75, 3.05) is 20.7 Å².